The third-order valence-corrected chi connectivity index (χ3v) is 9.14. The van der Waals surface area contributed by atoms with Gasteiger partial charge in [-0.05, 0) is 90.6 Å². The molecule has 1 saturated heterocycles. The zero-order valence-electron chi connectivity index (χ0n) is 27.4. The number of pyridine rings is 1. The number of rotatable bonds is 10. The van der Waals surface area contributed by atoms with Gasteiger partial charge in [-0.3, -0.25) is 0 Å². The van der Waals surface area contributed by atoms with Gasteiger partial charge in [-0.2, -0.15) is 13.2 Å². The maximum atomic E-state index is 12.9. The Balaban J connectivity index is 0.000000537. The molecule has 4 aromatic rings. The van der Waals surface area contributed by atoms with E-state index in [4.69, 9.17) is 9.72 Å². The average Bonchev–Trinajstić information content (AvgIpc) is 3.55. The van der Waals surface area contributed by atoms with E-state index in [1.54, 1.807) is 0 Å². The van der Waals surface area contributed by atoms with Gasteiger partial charge in [-0.15, -0.1) is 0 Å². The second-order valence-corrected chi connectivity index (χ2v) is 12.6. The summed E-state index contributed by atoms with van der Waals surface area (Å²) in [4.78, 5) is 7.10. The summed E-state index contributed by atoms with van der Waals surface area (Å²) in [5.41, 5.74) is 7.95. The molecule has 6 rings (SSSR count). The number of hydrogen-bond donors (Lipinski definition) is 0. The highest BCUT2D eigenvalue weighted by molar-refractivity contribution is 5.94. The summed E-state index contributed by atoms with van der Waals surface area (Å²) in [6.07, 6.45) is 9.66. The minimum absolute atomic E-state index is 0.124. The molecule has 2 aliphatic rings. The number of aryl methyl sites for hydroxylation is 2. The van der Waals surface area contributed by atoms with Crippen LogP contribution in [0.1, 0.15) is 99.5 Å². The van der Waals surface area contributed by atoms with Crippen LogP contribution in [0.3, 0.4) is 0 Å². The van der Waals surface area contributed by atoms with Gasteiger partial charge in [0.25, 0.3) is 0 Å². The van der Waals surface area contributed by atoms with Gasteiger partial charge in [-0.25, -0.2) is 4.98 Å². The van der Waals surface area contributed by atoms with E-state index >= 15 is 0 Å². The van der Waals surface area contributed by atoms with Gasteiger partial charge in [0.05, 0.1) is 11.1 Å². The molecular formula is C40H47F3N2O. The Hall–Kier alpha value is -3.80. The predicted octanol–water partition coefficient (Wildman–Crippen LogP) is 11.4. The molecule has 6 heteroatoms. The van der Waals surface area contributed by atoms with Crippen LogP contribution in [-0.4, -0.2) is 23.0 Å². The molecule has 46 heavy (non-hydrogen) atoms. The maximum absolute atomic E-state index is 12.9. The van der Waals surface area contributed by atoms with Gasteiger partial charge in [-0.1, -0.05) is 88.9 Å². The first-order valence-corrected chi connectivity index (χ1v) is 17.1. The zero-order valence-corrected chi connectivity index (χ0v) is 27.4. The minimum atomic E-state index is -4.36. The third-order valence-electron chi connectivity index (χ3n) is 9.14. The summed E-state index contributed by atoms with van der Waals surface area (Å²) < 4.78 is 44.8. The van der Waals surface area contributed by atoms with Crippen molar-refractivity contribution in [3.8, 4) is 17.0 Å². The van der Waals surface area contributed by atoms with Gasteiger partial charge in [0.15, 0.2) is 0 Å². The Labute approximate surface area is 272 Å². The van der Waals surface area contributed by atoms with E-state index in [1.807, 2.05) is 12.1 Å². The molecule has 0 amide bonds. The smallest absolute Gasteiger partial charge is 0.416 e. The van der Waals surface area contributed by atoms with Gasteiger partial charge < -0.3 is 9.64 Å². The van der Waals surface area contributed by atoms with Crippen molar-refractivity contribution in [2.45, 2.75) is 97.3 Å². The molecule has 0 unspecified atom stereocenters. The number of likely N-dealkylation sites (tertiary alicyclic amines) is 1. The first kappa shape index (κ1) is 33.6. The van der Waals surface area contributed by atoms with Gasteiger partial charge >= 0.3 is 6.18 Å². The number of alkyl halides is 3. The molecular weight excluding hydrogens is 581 g/mol. The van der Waals surface area contributed by atoms with Crippen molar-refractivity contribution in [3.63, 3.8) is 0 Å². The molecule has 3 nitrogen and oxygen atoms in total. The van der Waals surface area contributed by atoms with E-state index in [9.17, 15) is 13.2 Å². The number of benzene rings is 3. The van der Waals surface area contributed by atoms with Crippen LogP contribution in [0, 0.1) is 0 Å². The lowest BCUT2D eigenvalue weighted by molar-refractivity contribution is -0.137. The highest BCUT2D eigenvalue weighted by atomic mass is 19.4. The number of nitrogens with zero attached hydrogens (tertiary/aromatic N) is 2. The van der Waals surface area contributed by atoms with E-state index in [2.05, 4.69) is 55.7 Å². The van der Waals surface area contributed by atoms with E-state index in [1.165, 1.54) is 73.8 Å². The average molecular weight is 629 g/mol. The highest BCUT2D eigenvalue weighted by Gasteiger charge is 2.30. The van der Waals surface area contributed by atoms with Gasteiger partial charge in [0, 0.05) is 35.8 Å². The Morgan fingerprint density at radius 3 is 2.15 bits per heavy atom. The lowest BCUT2D eigenvalue weighted by atomic mass is 9.97. The molecule has 0 N–H and O–H groups in total. The Morgan fingerprint density at radius 1 is 0.783 bits per heavy atom. The van der Waals surface area contributed by atoms with Crippen LogP contribution in [-0.2, 0) is 25.6 Å². The lowest BCUT2D eigenvalue weighted by Gasteiger charge is -2.31. The van der Waals surface area contributed by atoms with E-state index < -0.39 is 11.7 Å². The van der Waals surface area contributed by atoms with E-state index in [-0.39, 0.29) is 6.61 Å². The quantitative estimate of drug-likeness (QED) is 0.163. The number of halogens is 3. The molecule has 0 spiro atoms. The van der Waals surface area contributed by atoms with Crippen molar-refractivity contribution in [1.29, 1.82) is 0 Å². The van der Waals surface area contributed by atoms with Crippen LogP contribution in [0.5, 0.6) is 5.88 Å². The van der Waals surface area contributed by atoms with Gasteiger partial charge in [0.1, 0.15) is 6.61 Å². The summed E-state index contributed by atoms with van der Waals surface area (Å²) in [5, 5.41) is 1.02. The SMILES string of the molecule is C=C(c1cc(OCc2ccc(C(F)(F)F)cc2)nc2ccc(-c3ccc4c(c3)CCC4)cc12)N1CCCCC1.CCCCCCC. The van der Waals surface area contributed by atoms with Crippen LogP contribution in [0.15, 0.2) is 73.3 Å². The largest absolute Gasteiger partial charge is 0.473 e. The van der Waals surface area contributed by atoms with E-state index in [0.717, 1.165) is 78.6 Å². The maximum Gasteiger partial charge on any atom is 0.416 e. The van der Waals surface area contributed by atoms with Crippen molar-refractivity contribution in [2.75, 3.05) is 13.1 Å². The van der Waals surface area contributed by atoms with Crippen LogP contribution >= 0.6 is 0 Å². The summed E-state index contributed by atoms with van der Waals surface area (Å²) in [6.45, 7) is 11.0. The molecule has 1 aliphatic heterocycles. The Morgan fingerprint density at radius 2 is 1.46 bits per heavy atom. The Kier molecular flexibility index (Phi) is 11.4. The molecule has 0 saturated carbocycles. The Bertz CT molecular complexity index is 1600. The number of unbranched alkanes of at least 4 members (excludes halogenated alkanes) is 4. The first-order chi connectivity index (χ1) is 22.3. The second kappa shape index (κ2) is 15.7. The molecule has 3 aromatic carbocycles. The highest BCUT2D eigenvalue weighted by Crippen LogP contribution is 2.35. The number of piperidine rings is 1. The molecule has 0 radical (unpaired) electrons. The fraction of sp³-hybridized carbons (Fsp3) is 0.425. The van der Waals surface area contributed by atoms with Crippen molar-refractivity contribution in [2.24, 2.45) is 0 Å². The first-order valence-electron chi connectivity index (χ1n) is 17.1. The molecule has 0 bridgehead atoms. The summed E-state index contributed by atoms with van der Waals surface area (Å²) in [7, 11) is 0. The van der Waals surface area contributed by atoms with Crippen LogP contribution < -0.4 is 4.74 Å². The number of fused-ring (bicyclic) bond motifs is 2. The molecule has 2 heterocycles. The number of aromatic nitrogens is 1. The minimum Gasteiger partial charge on any atom is -0.473 e. The van der Waals surface area contributed by atoms with E-state index in [0.29, 0.717) is 11.4 Å². The fourth-order valence-electron chi connectivity index (χ4n) is 6.40. The molecule has 244 valence electrons. The summed E-state index contributed by atoms with van der Waals surface area (Å²) >= 11 is 0. The lowest BCUT2D eigenvalue weighted by Crippen LogP contribution is -2.27. The monoisotopic (exact) mass is 628 g/mol. The van der Waals surface area contributed by atoms with Gasteiger partial charge in [0.2, 0.25) is 5.88 Å². The van der Waals surface area contributed by atoms with Crippen LogP contribution in [0.4, 0.5) is 13.2 Å². The number of ether oxygens (including phenoxy) is 1. The van der Waals surface area contributed by atoms with Crippen molar-refractivity contribution >= 4 is 16.6 Å². The fourth-order valence-corrected chi connectivity index (χ4v) is 6.40. The van der Waals surface area contributed by atoms with Crippen molar-refractivity contribution < 1.29 is 17.9 Å². The predicted molar refractivity (Wildman–Crippen MR) is 184 cm³/mol. The van der Waals surface area contributed by atoms with Crippen molar-refractivity contribution in [1.82, 2.24) is 9.88 Å². The number of hydrogen-bond acceptors (Lipinski definition) is 3. The zero-order chi connectivity index (χ0) is 32.5. The summed E-state index contributed by atoms with van der Waals surface area (Å²) in [6, 6.07) is 20.1. The molecule has 0 atom stereocenters. The molecule has 1 fully saturated rings. The standard InChI is InChI=1S/C33H31F3N2O.C7H16/c1-22(38-16-3-2-4-17-38)29-20-32(39-21-23-8-13-28(14-9-23)33(34,35)36)37-31-15-12-27(19-30(29)31)26-11-10-24-6-5-7-25(24)18-26;1-3-5-7-6-4-2/h8-15,18-20H,1-7,16-17,21H2;3-7H2,1-2H3. The van der Waals surface area contributed by atoms with Crippen molar-refractivity contribution in [3.05, 3.63) is 101 Å². The normalized spacial score (nSPS) is 14.5. The van der Waals surface area contributed by atoms with Crippen LogP contribution in [0.2, 0.25) is 0 Å². The van der Waals surface area contributed by atoms with Crippen LogP contribution in [0.25, 0.3) is 27.7 Å². The second-order valence-electron chi connectivity index (χ2n) is 12.6. The molecule has 1 aromatic heterocycles. The topological polar surface area (TPSA) is 25.4 Å². The molecule has 1 aliphatic carbocycles. The third kappa shape index (κ3) is 8.51. The summed E-state index contributed by atoms with van der Waals surface area (Å²) in [5.74, 6) is 0.431.